The van der Waals surface area contributed by atoms with Crippen molar-refractivity contribution in [3.8, 4) is 5.75 Å². The number of aromatic hydroxyl groups is 1. The number of rotatable bonds is 6. The van der Waals surface area contributed by atoms with Crippen LogP contribution in [0.25, 0.3) is 11.0 Å². The lowest BCUT2D eigenvalue weighted by atomic mass is 9.92. The van der Waals surface area contributed by atoms with Crippen molar-refractivity contribution in [2.45, 2.75) is 18.9 Å². The van der Waals surface area contributed by atoms with E-state index in [0.29, 0.717) is 5.02 Å². The first kappa shape index (κ1) is 23.3. The molecule has 36 heavy (non-hydrogen) atoms. The number of anilines is 1. The van der Waals surface area contributed by atoms with E-state index < -0.39 is 34.9 Å². The lowest BCUT2D eigenvalue weighted by Gasteiger charge is -2.28. The first-order valence-electron chi connectivity index (χ1n) is 11.0. The van der Waals surface area contributed by atoms with Gasteiger partial charge in [-0.3, -0.25) is 14.2 Å². The van der Waals surface area contributed by atoms with Gasteiger partial charge in [0.1, 0.15) is 17.8 Å². The minimum atomic E-state index is -0.774. The molecule has 0 radical (unpaired) electrons. The number of amides is 1. The Hall–Kier alpha value is -4.44. The van der Waals surface area contributed by atoms with Crippen LogP contribution in [-0.2, 0) is 7.05 Å². The van der Waals surface area contributed by atoms with Crippen molar-refractivity contribution in [1.29, 1.82) is 0 Å². The van der Waals surface area contributed by atoms with Gasteiger partial charge in [0.15, 0.2) is 5.69 Å². The van der Waals surface area contributed by atoms with E-state index in [1.165, 1.54) is 24.1 Å². The zero-order valence-electron chi connectivity index (χ0n) is 19.3. The summed E-state index contributed by atoms with van der Waals surface area (Å²) in [5.41, 5.74) is 1.54. The first-order chi connectivity index (χ1) is 17.4. The van der Waals surface area contributed by atoms with E-state index >= 15 is 0 Å². The van der Waals surface area contributed by atoms with Crippen molar-refractivity contribution >= 4 is 34.2 Å². The highest BCUT2D eigenvalue weighted by Crippen LogP contribution is 2.38. The van der Waals surface area contributed by atoms with Crippen LogP contribution in [0.1, 0.15) is 40.8 Å². The van der Waals surface area contributed by atoms with Crippen molar-refractivity contribution in [3.63, 3.8) is 0 Å². The maximum atomic E-state index is 13.0. The Morgan fingerprint density at radius 3 is 2.67 bits per heavy atom. The molecule has 182 valence electrons. The molecule has 1 amide bonds. The number of carbonyl (C=O) groups excluding carboxylic acids is 1. The molecule has 5 rings (SSSR count). The topological polar surface area (TPSA) is 128 Å². The zero-order chi connectivity index (χ0) is 25.4. The van der Waals surface area contributed by atoms with E-state index in [0.717, 1.165) is 16.6 Å². The van der Waals surface area contributed by atoms with Gasteiger partial charge >= 0.3 is 0 Å². The second kappa shape index (κ2) is 9.31. The maximum absolute atomic E-state index is 13.0. The highest BCUT2D eigenvalue weighted by atomic mass is 35.5. The van der Waals surface area contributed by atoms with E-state index in [-0.39, 0.29) is 11.5 Å². The van der Waals surface area contributed by atoms with Crippen molar-refractivity contribution in [3.05, 3.63) is 99.8 Å². The first-order valence-corrected chi connectivity index (χ1v) is 11.4. The summed E-state index contributed by atoms with van der Waals surface area (Å²) in [6.45, 7) is 1.88. The number of fused-ring (bicyclic) bond motifs is 1. The Morgan fingerprint density at radius 1 is 1.17 bits per heavy atom. The van der Waals surface area contributed by atoms with E-state index in [1.54, 1.807) is 12.4 Å². The molecule has 3 heterocycles. The van der Waals surface area contributed by atoms with Gasteiger partial charge in [0.05, 0.1) is 29.6 Å². The summed E-state index contributed by atoms with van der Waals surface area (Å²) in [5, 5.41) is 17.0. The van der Waals surface area contributed by atoms with Crippen molar-refractivity contribution in [2.24, 2.45) is 7.05 Å². The number of para-hydroxylation sites is 2. The number of halogens is 1. The molecule has 0 spiro atoms. The molecule has 0 aliphatic carbocycles. The summed E-state index contributed by atoms with van der Waals surface area (Å²) in [6.07, 6.45) is 4.22. The minimum absolute atomic E-state index is 0.260. The van der Waals surface area contributed by atoms with E-state index in [9.17, 15) is 14.7 Å². The van der Waals surface area contributed by atoms with Crippen LogP contribution in [-0.4, -0.2) is 35.3 Å². The van der Waals surface area contributed by atoms with Gasteiger partial charge in [0, 0.05) is 18.0 Å². The Morgan fingerprint density at radius 2 is 1.92 bits per heavy atom. The SMILES string of the molecule is C[C@H](c1nc(C(=O)Nc2cnoc2)c(O)c(=O)n1C)[C@@H](c1ccccc1Cl)n1cnc2ccccc21. The molecule has 0 aliphatic rings. The van der Waals surface area contributed by atoms with Crippen LogP contribution < -0.4 is 10.9 Å². The number of benzene rings is 2. The largest absolute Gasteiger partial charge is 0.501 e. The number of nitrogens with zero attached hydrogens (tertiary/aromatic N) is 5. The third-order valence-corrected chi connectivity index (χ3v) is 6.44. The van der Waals surface area contributed by atoms with Gasteiger partial charge in [-0.1, -0.05) is 54.0 Å². The van der Waals surface area contributed by atoms with Crippen LogP contribution in [0.15, 0.2) is 76.6 Å². The Labute approximate surface area is 209 Å². The van der Waals surface area contributed by atoms with Crippen LogP contribution in [0.2, 0.25) is 5.02 Å². The highest BCUT2D eigenvalue weighted by Gasteiger charge is 2.31. The van der Waals surface area contributed by atoms with Crippen LogP contribution in [0.3, 0.4) is 0 Å². The zero-order valence-corrected chi connectivity index (χ0v) is 20.0. The molecule has 0 unspecified atom stereocenters. The van der Waals surface area contributed by atoms with Gasteiger partial charge in [0.25, 0.3) is 11.5 Å². The Balaban J connectivity index is 1.67. The average molecular weight is 505 g/mol. The predicted octanol–water partition coefficient (Wildman–Crippen LogP) is 4.12. The summed E-state index contributed by atoms with van der Waals surface area (Å²) in [7, 11) is 1.50. The predicted molar refractivity (Wildman–Crippen MR) is 133 cm³/mol. The van der Waals surface area contributed by atoms with Gasteiger partial charge < -0.3 is 19.5 Å². The molecule has 0 bridgehead atoms. The monoisotopic (exact) mass is 504 g/mol. The Bertz CT molecular complexity index is 1630. The highest BCUT2D eigenvalue weighted by molar-refractivity contribution is 6.31. The van der Waals surface area contributed by atoms with Gasteiger partial charge in [-0.2, -0.15) is 0 Å². The quantitative estimate of drug-likeness (QED) is 0.356. The Kier molecular flexibility index (Phi) is 6.03. The number of nitrogens with one attached hydrogen (secondary N) is 1. The minimum Gasteiger partial charge on any atom is -0.501 e. The molecule has 0 aliphatic heterocycles. The summed E-state index contributed by atoms with van der Waals surface area (Å²) in [6, 6.07) is 14.6. The molecule has 11 heteroatoms. The number of hydrogen-bond donors (Lipinski definition) is 2. The second-order valence-electron chi connectivity index (χ2n) is 8.29. The summed E-state index contributed by atoms with van der Waals surface area (Å²) in [4.78, 5) is 34.8. The third-order valence-electron chi connectivity index (χ3n) is 6.09. The van der Waals surface area contributed by atoms with Crippen molar-refractivity contribution in [2.75, 3.05) is 5.32 Å². The fourth-order valence-corrected chi connectivity index (χ4v) is 4.59. The number of carbonyl (C=O) groups is 1. The molecular weight excluding hydrogens is 484 g/mol. The van der Waals surface area contributed by atoms with Crippen molar-refractivity contribution in [1.82, 2.24) is 24.3 Å². The van der Waals surface area contributed by atoms with E-state index in [4.69, 9.17) is 16.1 Å². The molecule has 2 atom stereocenters. The smallest absolute Gasteiger partial charge is 0.296 e. The fourth-order valence-electron chi connectivity index (χ4n) is 4.35. The van der Waals surface area contributed by atoms with E-state index in [1.807, 2.05) is 54.0 Å². The van der Waals surface area contributed by atoms with Crippen LogP contribution in [0.5, 0.6) is 5.75 Å². The number of imidazole rings is 1. The lowest BCUT2D eigenvalue weighted by Crippen LogP contribution is -2.30. The van der Waals surface area contributed by atoms with Gasteiger partial charge in [-0.15, -0.1) is 0 Å². The summed E-state index contributed by atoms with van der Waals surface area (Å²) >= 11 is 6.63. The third kappa shape index (κ3) is 4.01. The maximum Gasteiger partial charge on any atom is 0.296 e. The van der Waals surface area contributed by atoms with Crippen molar-refractivity contribution < 1.29 is 14.4 Å². The molecule has 2 N–H and O–H groups in total. The molecule has 10 nitrogen and oxygen atoms in total. The standard InChI is InChI=1S/C25H21ClN6O4/c1-14(23-30-20(22(33)25(35)31(23)2)24(34)29-15-11-28-36-12-15)21(16-7-3-4-8-17(16)26)32-13-27-18-9-5-6-10-19(18)32/h3-14,21,33H,1-2H3,(H,29,34)/t14-,21-/m0/s1. The van der Waals surface area contributed by atoms with Gasteiger partial charge in [-0.25, -0.2) is 9.97 Å². The van der Waals surface area contributed by atoms with Crippen LogP contribution >= 0.6 is 11.6 Å². The lowest BCUT2D eigenvalue weighted by molar-refractivity contribution is 0.101. The molecule has 3 aromatic heterocycles. The fraction of sp³-hybridized carbons (Fsp3) is 0.160. The normalized spacial score (nSPS) is 13.0. The molecule has 0 saturated carbocycles. The molecular formula is C25H21ClN6O4. The summed E-state index contributed by atoms with van der Waals surface area (Å²) in [5.74, 6) is -1.74. The number of aromatic nitrogens is 5. The second-order valence-corrected chi connectivity index (χ2v) is 8.70. The average Bonchev–Trinajstić information content (AvgIpc) is 3.54. The number of hydrogen-bond acceptors (Lipinski definition) is 7. The molecule has 0 saturated heterocycles. The van der Waals surface area contributed by atoms with Gasteiger partial charge in [0.2, 0.25) is 5.75 Å². The van der Waals surface area contributed by atoms with Crippen LogP contribution in [0, 0.1) is 0 Å². The summed E-state index contributed by atoms with van der Waals surface area (Å²) < 4.78 is 7.92. The van der Waals surface area contributed by atoms with E-state index in [2.05, 4.69) is 20.4 Å². The van der Waals surface area contributed by atoms with Gasteiger partial charge in [-0.05, 0) is 23.8 Å². The molecule has 5 aromatic rings. The van der Waals surface area contributed by atoms with Crippen LogP contribution in [0.4, 0.5) is 5.69 Å². The molecule has 0 fully saturated rings. The molecule has 2 aromatic carbocycles.